The van der Waals surface area contributed by atoms with E-state index in [1.54, 1.807) is 6.07 Å². The summed E-state index contributed by atoms with van der Waals surface area (Å²) in [5.74, 6) is 0. The Kier molecular flexibility index (Phi) is 4.67. The zero-order chi connectivity index (χ0) is 14.7. The van der Waals surface area contributed by atoms with Gasteiger partial charge in [0, 0.05) is 17.7 Å². The fourth-order valence-corrected chi connectivity index (χ4v) is 3.26. The van der Waals surface area contributed by atoms with Gasteiger partial charge in [-0.05, 0) is 32.9 Å². The number of hydrogen-bond donors (Lipinski definition) is 1. The molecule has 1 aromatic heterocycles. The Bertz CT molecular complexity index is 624. The van der Waals surface area contributed by atoms with Gasteiger partial charge in [-0.1, -0.05) is 13.3 Å². The number of nitro benzene ring substituents is 1. The minimum Gasteiger partial charge on any atom is -0.317 e. The van der Waals surface area contributed by atoms with E-state index in [9.17, 15) is 10.1 Å². The van der Waals surface area contributed by atoms with E-state index < -0.39 is 0 Å². The Hall–Kier alpha value is -1.53. The molecule has 0 amide bonds. The molecule has 0 fully saturated rings. The van der Waals surface area contributed by atoms with Gasteiger partial charge in [-0.15, -0.1) is 11.3 Å². The van der Waals surface area contributed by atoms with Crippen LogP contribution in [-0.2, 0) is 6.42 Å². The van der Waals surface area contributed by atoms with Crippen LogP contribution in [0.25, 0.3) is 10.2 Å². The summed E-state index contributed by atoms with van der Waals surface area (Å²) in [4.78, 5) is 15.4. The first-order valence-electron chi connectivity index (χ1n) is 6.76. The lowest BCUT2D eigenvalue weighted by Gasteiger charge is -2.15. The fourth-order valence-electron chi connectivity index (χ4n) is 2.42. The minimum absolute atomic E-state index is 0.206. The molecular weight excluding hydrogens is 274 g/mol. The third-order valence-corrected chi connectivity index (χ3v) is 4.34. The lowest BCUT2D eigenvalue weighted by molar-refractivity contribution is -0.385. The summed E-state index contributed by atoms with van der Waals surface area (Å²) in [6.45, 7) is 4.04. The molecule has 0 saturated heterocycles. The summed E-state index contributed by atoms with van der Waals surface area (Å²) in [5.41, 5.74) is 1.83. The second-order valence-corrected chi connectivity index (χ2v) is 6.15. The third-order valence-electron chi connectivity index (χ3n) is 3.40. The smallest absolute Gasteiger partial charge is 0.274 e. The standard InChI is InChI=1S/C14H19N3O2S/c1-4-5-11(15-3)6-10-7-12-14(20-9(2)16-12)8-13(10)17(18)19/h7-8,11,15H,4-6H2,1-3H3. The lowest BCUT2D eigenvalue weighted by Crippen LogP contribution is -2.27. The van der Waals surface area contributed by atoms with Gasteiger partial charge in [0.2, 0.25) is 0 Å². The van der Waals surface area contributed by atoms with Crippen molar-refractivity contribution in [3.63, 3.8) is 0 Å². The molecule has 108 valence electrons. The summed E-state index contributed by atoms with van der Waals surface area (Å²) in [6.07, 6.45) is 2.71. The van der Waals surface area contributed by atoms with E-state index in [2.05, 4.69) is 17.2 Å². The Morgan fingerprint density at radius 3 is 2.85 bits per heavy atom. The molecule has 0 bridgehead atoms. The van der Waals surface area contributed by atoms with Crippen molar-refractivity contribution in [2.24, 2.45) is 0 Å². The quantitative estimate of drug-likeness (QED) is 0.654. The molecule has 0 aliphatic carbocycles. The first kappa shape index (κ1) is 14.9. The van der Waals surface area contributed by atoms with Crippen molar-refractivity contribution in [2.45, 2.75) is 39.2 Å². The maximum atomic E-state index is 11.3. The average molecular weight is 293 g/mol. The van der Waals surface area contributed by atoms with Crippen LogP contribution < -0.4 is 5.32 Å². The lowest BCUT2D eigenvalue weighted by atomic mass is 10.0. The van der Waals surface area contributed by atoms with Gasteiger partial charge in [-0.3, -0.25) is 10.1 Å². The van der Waals surface area contributed by atoms with Crippen molar-refractivity contribution in [3.8, 4) is 0 Å². The highest BCUT2D eigenvalue weighted by atomic mass is 32.1. The number of fused-ring (bicyclic) bond motifs is 1. The number of nitrogens with one attached hydrogen (secondary N) is 1. The zero-order valence-corrected chi connectivity index (χ0v) is 12.8. The molecule has 1 aromatic carbocycles. The van der Waals surface area contributed by atoms with Gasteiger partial charge in [0.15, 0.2) is 0 Å². The molecule has 2 aromatic rings. The van der Waals surface area contributed by atoms with Crippen LogP contribution in [0.3, 0.4) is 0 Å². The highest BCUT2D eigenvalue weighted by molar-refractivity contribution is 7.18. The fraction of sp³-hybridized carbons (Fsp3) is 0.500. The van der Waals surface area contributed by atoms with E-state index >= 15 is 0 Å². The minimum atomic E-state index is -0.289. The van der Waals surface area contributed by atoms with Crippen molar-refractivity contribution >= 4 is 27.2 Å². The van der Waals surface area contributed by atoms with Gasteiger partial charge in [-0.25, -0.2) is 4.98 Å². The van der Waals surface area contributed by atoms with Crippen LogP contribution in [-0.4, -0.2) is 23.0 Å². The van der Waals surface area contributed by atoms with Crippen molar-refractivity contribution in [1.82, 2.24) is 10.3 Å². The molecule has 0 spiro atoms. The maximum absolute atomic E-state index is 11.3. The molecule has 0 saturated carbocycles. The number of aromatic nitrogens is 1. The van der Waals surface area contributed by atoms with Gasteiger partial charge in [-0.2, -0.15) is 0 Å². The monoisotopic (exact) mass is 293 g/mol. The van der Waals surface area contributed by atoms with Crippen molar-refractivity contribution in [1.29, 1.82) is 0 Å². The number of nitro groups is 1. The first-order chi connectivity index (χ1) is 9.55. The molecule has 1 N–H and O–H groups in total. The highest BCUT2D eigenvalue weighted by Gasteiger charge is 2.19. The normalized spacial score (nSPS) is 12.8. The Balaban J connectivity index is 2.43. The Morgan fingerprint density at radius 1 is 1.50 bits per heavy atom. The van der Waals surface area contributed by atoms with Crippen LogP contribution in [0, 0.1) is 17.0 Å². The molecule has 1 unspecified atom stereocenters. The number of thiazole rings is 1. The SMILES string of the molecule is CCCC(Cc1cc2nc(C)sc2cc1[N+](=O)[O-])NC. The predicted octanol–water partition coefficient (Wildman–Crippen LogP) is 3.44. The summed E-state index contributed by atoms with van der Waals surface area (Å²) in [5, 5.41) is 15.4. The second-order valence-electron chi connectivity index (χ2n) is 4.92. The van der Waals surface area contributed by atoms with Crippen LogP contribution in [0.5, 0.6) is 0 Å². The number of benzene rings is 1. The number of rotatable bonds is 6. The largest absolute Gasteiger partial charge is 0.317 e. The molecule has 20 heavy (non-hydrogen) atoms. The van der Waals surface area contributed by atoms with Crippen molar-refractivity contribution in [2.75, 3.05) is 7.05 Å². The van der Waals surface area contributed by atoms with Crippen LogP contribution in [0.15, 0.2) is 12.1 Å². The molecule has 0 aliphatic heterocycles. The zero-order valence-electron chi connectivity index (χ0n) is 12.0. The van der Waals surface area contributed by atoms with Crippen LogP contribution in [0.4, 0.5) is 5.69 Å². The molecule has 6 heteroatoms. The molecule has 0 radical (unpaired) electrons. The molecule has 5 nitrogen and oxygen atoms in total. The van der Waals surface area contributed by atoms with Crippen LogP contribution >= 0.6 is 11.3 Å². The van der Waals surface area contributed by atoms with Gasteiger partial charge in [0.25, 0.3) is 5.69 Å². The summed E-state index contributed by atoms with van der Waals surface area (Å²) >= 11 is 1.50. The van der Waals surface area contributed by atoms with E-state index in [1.807, 2.05) is 20.0 Å². The molecule has 1 heterocycles. The summed E-state index contributed by atoms with van der Waals surface area (Å²) in [7, 11) is 1.90. The van der Waals surface area contributed by atoms with Gasteiger partial charge in [0.1, 0.15) is 0 Å². The molecule has 1 atom stereocenters. The van der Waals surface area contributed by atoms with Crippen LogP contribution in [0.2, 0.25) is 0 Å². The van der Waals surface area contributed by atoms with E-state index in [0.29, 0.717) is 6.42 Å². The summed E-state index contributed by atoms with van der Waals surface area (Å²) < 4.78 is 0.884. The van der Waals surface area contributed by atoms with E-state index in [-0.39, 0.29) is 16.7 Å². The second kappa shape index (κ2) is 6.28. The number of aryl methyl sites for hydroxylation is 1. The maximum Gasteiger partial charge on any atom is 0.274 e. The predicted molar refractivity (Wildman–Crippen MR) is 82.5 cm³/mol. The Morgan fingerprint density at radius 2 is 2.25 bits per heavy atom. The molecule has 2 rings (SSSR count). The van der Waals surface area contributed by atoms with Crippen LogP contribution in [0.1, 0.15) is 30.3 Å². The van der Waals surface area contributed by atoms with E-state index in [4.69, 9.17) is 0 Å². The van der Waals surface area contributed by atoms with Crippen molar-refractivity contribution < 1.29 is 4.92 Å². The molecular formula is C14H19N3O2S. The number of likely N-dealkylation sites (N-methyl/N-ethyl adjacent to an activating group) is 1. The number of hydrogen-bond acceptors (Lipinski definition) is 5. The van der Waals surface area contributed by atoms with Crippen molar-refractivity contribution in [3.05, 3.63) is 32.8 Å². The van der Waals surface area contributed by atoms with E-state index in [0.717, 1.165) is 33.6 Å². The topological polar surface area (TPSA) is 68.1 Å². The van der Waals surface area contributed by atoms with Gasteiger partial charge >= 0.3 is 0 Å². The first-order valence-corrected chi connectivity index (χ1v) is 7.58. The van der Waals surface area contributed by atoms with Gasteiger partial charge in [0.05, 0.1) is 20.1 Å². The number of nitrogens with zero attached hydrogens (tertiary/aromatic N) is 2. The summed E-state index contributed by atoms with van der Waals surface area (Å²) in [6, 6.07) is 3.79. The van der Waals surface area contributed by atoms with Gasteiger partial charge < -0.3 is 5.32 Å². The Labute approximate surface area is 122 Å². The average Bonchev–Trinajstić information content (AvgIpc) is 2.76. The van der Waals surface area contributed by atoms with E-state index in [1.165, 1.54) is 11.3 Å². The molecule has 0 aliphatic rings. The highest BCUT2D eigenvalue weighted by Crippen LogP contribution is 2.30. The third kappa shape index (κ3) is 3.13.